The molecule has 4 heterocycles. The van der Waals surface area contributed by atoms with Crippen LogP contribution in [0.4, 0.5) is 15.3 Å². The Kier molecular flexibility index (Phi) is 4.08. The molecule has 0 aliphatic heterocycles. The number of thiazole rings is 1. The zero-order valence-corrected chi connectivity index (χ0v) is 17.1. The van der Waals surface area contributed by atoms with Gasteiger partial charge >= 0.3 is 5.69 Å². The number of fused-ring (bicyclic) bond motifs is 2. The Morgan fingerprint density at radius 3 is 2.94 bits per heavy atom. The Hall–Kier alpha value is -4.06. The number of halogens is 1. The molecule has 1 aromatic carbocycles. The molecule has 0 atom stereocenters. The first kappa shape index (κ1) is 18.7. The molecule has 4 N–H and O–H groups in total. The highest BCUT2D eigenvalue weighted by molar-refractivity contribution is 7.22. The van der Waals surface area contributed by atoms with Gasteiger partial charge in [-0.25, -0.2) is 19.2 Å². The van der Waals surface area contributed by atoms with Crippen LogP contribution in [0, 0.1) is 5.82 Å². The van der Waals surface area contributed by atoms with Crippen molar-refractivity contribution >= 4 is 44.2 Å². The van der Waals surface area contributed by atoms with E-state index in [9.17, 15) is 14.3 Å². The van der Waals surface area contributed by atoms with E-state index in [4.69, 9.17) is 4.99 Å². The SMILES string of the molecule is O=c1[nH]c(O)c(C=c2cnn3c(=NC4CC4)cc(Nc4nc5ccc(F)cc5s4)nc23)[nH]1. The van der Waals surface area contributed by atoms with Crippen LogP contribution in [0.3, 0.4) is 0 Å². The van der Waals surface area contributed by atoms with Gasteiger partial charge in [0, 0.05) is 11.3 Å². The summed E-state index contributed by atoms with van der Waals surface area (Å²) in [7, 11) is 0. The van der Waals surface area contributed by atoms with Crippen LogP contribution < -0.4 is 21.7 Å². The first-order valence-electron chi connectivity index (χ1n) is 9.80. The number of nitrogens with zero attached hydrogens (tertiary/aromatic N) is 5. The van der Waals surface area contributed by atoms with E-state index in [2.05, 4.69) is 30.4 Å². The summed E-state index contributed by atoms with van der Waals surface area (Å²) in [4.78, 5) is 30.1. The smallest absolute Gasteiger partial charge is 0.326 e. The molecular weight excluding hydrogens is 435 g/mol. The highest BCUT2D eigenvalue weighted by Crippen LogP contribution is 2.28. The molecule has 0 radical (unpaired) electrons. The quantitative estimate of drug-likeness (QED) is 0.328. The lowest BCUT2D eigenvalue weighted by Crippen LogP contribution is -2.19. The molecule has 1 aliphatic carbocycles. The zero-order chi connectivity index (χ0) is 21.8. The number of nitrogens with one attached hydrogen (secondary N) is 3. The van der Waals surface area contributed by atoms with E-state index in [0.29, 0.717) is 32.8 Å². The predicted octanol–water partition coefficient (Wildman–Crippen LogP) is 1.55. The summed E-state index contributed by atoms with van der Waals surface area (Å²) < 4.78 is 15.9. The van der Waals surface area contributed by atoms with Crippen LogP contribution in [-0.4, -0.2) is 40.7 Å². The zero-order valence-electron chi connectivity index (χ0n) is 16.3. The van der Waals surface area contributed by atoms with Crippen molar-refractivity contribution in [2.75, 3.05) is 5.32 Å². The number of hydrogen-bond donors (Lipinski definition) is 4. The van der Waals surface area contributed by atoms with E-state index in [1.54, 1.807) is 28.9 Å². The number of aromatic amines is 2. The van der Waals surface area contributed by atoms with E-state index >= 15 is 0 Å². The number of benzene rings is 1. The maximum Gasteiger partial charge on any atom is 0.326 e. The standard InChI is InChI=1S/C20H15FN8O2S/c21-10-1-4-12-14(6-10)32-20(25-12)27-15-7-16(23-11-2-3-11)29-17(26-15)9(8-22-29)5-13-18(30)28-19(31)24-13/h1,4-8,11,30H,2-3H2,(H,25,27)(H2,24,28,31). The molecule has 32 heavy (non-hydrogen) atoms. The summed E-state index contributed by atoms with van der Waals surface area (Å²) >= 11 is 1.32. The van der Waals surface area contributed by atoms with Gasteiger partial charge in [-0.15, -0.1) is 0 Å². The van der Waals surface area contributed by atoms with E-state index in [1.807, 2.05) is 0 Å². The Balaban J connectivity index is 1.50. The molecule has 0 unspecified atom stereocenters. The average molecular weight is 450 g/mol. The molecule has 0 saturated heterocycles. The van der Waals surface area contributed by atoms with Gasteiger partial charge in [0.1, 0.15) is 17.3 Å². The maximum atomic E-state index is 13.5. The molecule has 0 amide bonds. The van der Waals surface area contributed by atoms with Crippen LogP contribution in [0.2, 0.25) is 0 Å². The third kappa shape index (κ3) is 3.39. The second-order valence-electron chi connectivity index (χ2n) is 7.44. The lowest BCUT2D eigenvalue weighted by atomic mass is 10.3. The molecule has 6 rings (SSSR count). The molecule has 12 heteroatoms. The molecule has 1 fully saturated rings. The van der Waals surface area contributed by atoms with Crippen molar-refractivity contribution in [3.05, 3.63) is 63.2 Å². The first-order chi connectivity index (χ1) is 15.5. The number of aromatic nitrogens is 6. The van der Waals surface area contributed by atoms with Gasteiger partial charge in [0.05, 0.1) is 22.5 Å². The number of H-pyrrole nitrogens is 2. The minimum absolute atomic E-state index is 0.221. The Morgan fingerprint density at radius 1 is 1.28 bits per heavy atom. The molecule has 10 nitrogen and oxygen atoms in total. The van der Waals surface area contributed by atoms with E-state index in [-0.39, 0.29) is 23.4 Å². The van der Waals surface area contributed by atoms with Gasteiger partial charge in [-0.1, -0.05) is 11.3 Å². The monoisotopic (exact) mass is 450 g/mol. The fourth-order valence-corrected chi connectivity index (χ4v) is 4.22. The van der Waals surface area contributed by atoms with Crippen molar-refractivity contribution in [2.45, 2.75) is 18.9 Å². The number of aromatic hydroxyl groups is 1. The topological polar surface area (TPSA) is 136 Å². The maximum absolute atomic E-state index is 13.5. The molecule has 1 aliphatic rings. The van der Waals surface area contributed by atoms with Gasteiger partial charge in [0.15, 0.2) is 16.3 Å². The Morgan fingerprint density at radius 2 is 2.16 bits per heavy atom. The van der Waals surface area contributed by atoms with Crippen molar-refractivity contribution in [3.63, 3.8) is 0 Å². The third-order valence-electron chi connectivity index (χ3n) is 4.96. The van der Waals surface area contributed by atoms with Crippen molar-refractivity contribution in [3.8, 4) is 5.88 Å². The molecule has 5 aromatic rings. The number of anilines is 2. The number of hydrogen-bond acceptors (Lipinski definition) is 8. The van der Waals surface area contributed by atoms with Crippen LogP contribution in [0.5, 0.6) is 5.88 Å². The second-order valence-corrected chi connectivity index (χ2v) is 8.47. The van der Waals surface area contributed by atoms with E-state index < -0.39 is 5.69 Å². The highest BCUT2D eigenvalue weighted by atomic mass is 32.1. The van der Waals surface area contributed by atoms with Gasteiger partial charge in [0.25, 0.3) is 0 Å². The van der Waals surface area contributed by atoms with Crippen molar-refractivity contribution < 1.29 is 9.50 Å². The molecule has 0 spiro atoms. The minimum Gasteiger partial charge on any atom is -0.493 e. The van der Waals surface area contributed by atoms with Gasteiger partial charge in [-0.2, -0.15) is 9.61 Å². The molecular formula is C20H15FN8O2S. The molecule has 0 bridgehead atoms. The average Bonchev–Trinajstić information content (AvgIpc) is 3.19. The van der Waals surface area contributed by atoms with Gasteiger partial charge in [-0.3, -0.25) is 9.98 Å². The van der Waals surface area contributed by atoms with Gasteiger partial charge in [-0.05, 0) is 37.1 Å². The summed E-state index contributed by atoms with van der Waals surface area (Å²) in [5, 5.41) is 18.6. The van der Waals surface area contributed by atoms with E-state index in [1.165, 1.54) is 23.5 Å². The lowest BCUT2D eigenvalue weighted by molar-refractivity contribution is 0.454. The van der Waals surface area contributed by atoms with Crippen LogP contribution in [0.1, 0.15) is 18.5 Å². The van der Waals surface area contributed by atoms with Crippen LogP contribution in [-0.2, 0) is 0 Å². The van der Waals surface area contributed by atoms with Crippen molar-refractivity contribution in [2.24, 2.45) is 4.99 Å². The predicted molar refractivity (Wildman–Crippen MR) is 116 cm³/mol. The summed E-state index contributed by atoms with van der Waals surface area (Å²) in [5.41, 5.74) is 1.51. The summed E-state index contributed by atoms with van der Waals surface area (Å²) in [6, 6.07) is 6.48. The number of imidazole rings is 1. The largest absolute Gasteiger partial charge is 0.493 e. The fourth-order valence-electron chi connectivity index (χ4n) is 3.32. The second kappa shape index (κ2) is 6.99. The van der Waals surface area contributed by atoms with Crippen LogP contribution in [0.25, 0.3) is 21.9 Å². The Bertz CT molecular complexity index is 1680. The van der Waals surface area contributed by atoms with Crippen molar-refractivity contribution in [1.29, 1.82) is 0 Å². The minimum atomic E-state index is -0.516. The van der Waals surface area contributed by atoms with Gasteiger partial charge in [0.2, 0.25) is 5.88 Å². The fraction of sp³-hybridized carbons (Fsp3) is 0.150. The summed E-state index contributed by atoms with van der Waals surface area (Å²) in [5.74, 6) is -0.0881. The Labute approximate surface area is 181 Å². The third-order valence-corrected chi connectivity index (χ3v) is 5.90. The highest BCUT2D eigenvalue weighted by Gasteiger charge is 2.20. The van der Waals surface area contributed by atoms with Crippen molar-refractivity contribution in [1.82, 2.24) is 29.5 Å². The summed E-state index contributed by atoms with van der Waals surface area (Å²) in [6.07, 6.45) is 5.21. The molecule has 4 aromatic heterocycles. The first-order valence-corrected chi connectivity index (χ1v) is 10.6. The van der Waals surface area contributed by atoms with Crippen LogP contribution in [0.15, 0.2) is 40.2 Å². The summed E-state index contributed by atoms with van der Waals surface area (Å²) in [6.45, 7) is 0. The van der Waals surface area contributed by atoms with E-state index in [0.717, 1.165) is 17.5 Å². The molecule has 160 valence electrons. The van der Waals surface area contributed by atoms with Gasteiger partial charge < -0.3 is 15.4 Å². The lowest BCUT2D eigenvalue weighted by Gasteiger charge is -2.03. The molecule has 1 saturated carbocycles. The van der Waals surface area contributed by atoms with Crippen LogP contribution >= 0.6 is 11.3 Å². The normalized spacial score (nSPS) is 15.3. The number of rotatable bonds is 4.